The molecular formula is C20H29N3O2S. The van der Waals surface area contributed by atoms with E-state index in [4.69, 9.17) is 0 Å². The topological polar surface area (TPSA) is 74.8 Å². The van der Waals surface area contributed by atoms with E-state index >= 15 is 0 Å². The van der Waals surface area contributed by atoms with Crippen LogP contribution in [0.5, 0.6) is 0 Å². The van der Waals surface area contributed by atoms with Crippen LogP contribution in [-0.4, -0.2) is 21.4 Å². The molecule has 0 bridgehead atoms. The van der Waals surface area contributed by atoms with Crippen LogP contribution in [0.3, 0.4) is 0 Å². The van der Waals surface area contributed by atoms with Crippen molar-refractivity contribution in [1.82, 2.24) is 15.3 Å². The minimum atomic E-state index is -0.255. The van der Waals surface area contributed by atoms with E-state index in [0.717, 1.165) is 35.9 Å². The molecule has 0 saturated heterocycles. The van der Waals surface area contributed by atoms with Crippen LogP contribution in [0.15, 0.2) is 4.79 Å². The number of hydrogen-bond donors (Lipinski definition) is 2. The summed E-state index contributed by atoms with van der Waals surface area (Å²) in [6, 6.07) is 0. The number of nitrogens with one attached hydrogen (secondary N) is 2. The highest BCUT2D eigenvalue weighted by Gasteiger charge is 2.27. The highest BCUT2D eigenvalue weighted by Crippen LogP contribution is 2.34. The molecule has 2 aromatic heterocycles. The Morgan fingerprint density at radius 2 is 1.96 bits per heavy atom. The van der Waals surface area contributed by atoms with Gasteiger partial charge in [-0.1, -0.05) is 20.8 Å². The van der Waals surface area contributed by atoms with Gasteiger partial charge in [-0.15, -0.1) is 11.3 Å². The van der Waals surface area contributed by atoms with Crippen molar-refractivity contribution in [2.24, 2.45) is 5.41 Å². The second kappa shape index (κ2) is 6.80. The largest absolute Gasteiger partial charge is 0.351 e. The maximum absolute atomic E-state index is 12.5. The van der Waals surface area contributed by atoms with E-state index in [1.165, 1.54) is 10.4 Å². The molecule has 142 valence electrons. The monoisotopic (exact) mass is 375 g/mol. The van der Waals surface area contributed by atoms with E-state index in [0.29, 0.717) is 18.7 Å². The summed E-state index contributed by atoms with van der Waals surface area (Å²) in [5.74, 6) is 0.599. The number of aryl methyl sites for hydroxylation is 3. The van der Waals surface area contributed by atoms with Crippen molar-refractivity contribution in [3.8, 4) is 0 Å². The lowest BCUT2D eigenvalue weighted by Gasteiger charge is -2.33. The summed E-state index contributed by atoms with van der Waals surface area (Å²) in [6.45, 7) is 10.6. The zero-order chi connectivity index (χ0) is 19.1. The minimum absolute atomic E-state index is 0.00401. The number of carbonyl (C=O) groups excluding carboxylic acids is 1. The van der Waals surface area contributed by atoms with Crippen LogP contribution in [-0.2, 0) is 24.1 Å². The Bertz CT molecular complexity index is 887. The molecule has 1 amide bonds. The predicted molar refractivity (Wildman–Crippen MR) is 107 cm³/mol. The van der Waals surface area contributed by atoms with Gasteiger partial charge in [-0.2, -0.15) is 0 Å². The third-order valence-corrected chi connectivity index (χ3v) is 5.85. The van der Waals surface area contributed by atoms with Gasteiger partial charge in [0.05, 0.1) is 5.39 Å². The SMILES string of the molecule is CC(C)(C)CC(C)(C)NC(=O)CCc1nc2sc3c(c2c(=O)[nH]1)CCC3. The summed E-state index contributed by atoms with van der Waals surface area (Å²) < 4.78 is 0. The number of thiophene rings is 1. The molecule has 6 heteroatoms. The highest BCUT2D eigenvalue weighted by atomic mass is 32.1. The Morgan fingerprint density at radius 3 is 2.65 bits per heavy atom. The van der Waals surface area contributed by atoms with E-state index in [2.05, 4.69) is 49.9 Å². The van der Waals surface area contributed by atoms with Gasteiger partial charge < -0.3 is 10.3 Å². The van der Waals surface area contributed by atoms with Crippen LogP contribution in [0.1, 0.15) is 70.1 Å². The maximum atomic E-state index is 12.5. The van der Waals surface area contributed by atoms with Crippen LogP contribution >= 0.6 is 11.3 Å². The first-order chi connectivity index (χ1) is 12.0. The van der Waals surface area contributed by atoms with Crippen molar-refractivity contribution in [3.05, 3.63) is 26.6 Å². The number of hydrogen-bond acceptors (Lipinski definition) is 4. The summed E-state index contributed by atoms with van der Waals surface area (Å²) in [4.78, 5) is 34.4. The first-order valence-corrected chi connectivity index (χ1v) is 10.2. The molecule has 5 nitrogen and oxygen atoms in total. The van der Waals surface area contributed by atoms with Crippen LogP contribution < -0.4 is 10.9 Å². The zero-order valence-corrected chi connectivity index (χ0v) is 17.2. The number of nitrogens with zero attached hydrogens (tertiary/aromatic N) is 1. The summed E-state index contributed by atoms with van der Waals surface area (Å²) in [5, 5.41) is 3.88. The molecule has 2 aromatic rings. The standard InChI is InChI=1S/C20H29N3O2S/c1-19(2,3)11-20(4,5)23-15(24)10-9-14-21-17(25)16-12-7-6-8-13(12)26-18(16)22-14/h6-11H2,1-5H3,(H,23,24)(H,21,22,25). The molecule has 0 unspecified atom stereocenters. The van der Waals surface area contributed by atoms with Crippen LogP contribution in [0.25, 0.3) is 10.2 Å². The molecule has 0 fully saturated rings. The average molecular weight is 376 g/mol. The van der Waals surface area contributed by atoms with Gasteiger partial charge in [0.15, 0.2) is 0 Å². The van der Waals surface area contributed by atoms with Crippen molar-refractivity contribution < 1.29 is 4.79 Å². The Kier molecular flexibility index (Phi) is 4.99. The molecule has 2 N–H and O–H groups in total. The number of rotatable bonds is 5. The lowest BCUT2D eigenvalue weighted by Crippen LogP contribution is -2.45. The molecular weight excluding hydrogens is 346 g/mol. The molecule has 26 heavy (non-hydrogen) atoms. The summed E-state index contributed by atoms with van der Waals surface area (Å²) in [7, 11) is 0. The Hall–Kier alpha value is -1.69. The third kappa shape index (κ3) is 4.34. The number of H-pyrrole nitrogens is 1. The van der Waals surface area contributed by atoms with E-state index in [1.54, 1.807) is 11.3 Å². The molecule has 0 atom stereocenters. The second-order valence-electron chi connectivity index (χ2n) is 9.22. The molecule has 0 aromatic carbocycles. The third-order valence-electron chi connectivity index (χ3n) is 4.66. The fraction of sp³-hybridized carbons (Fsp3) is 0.650. The van der Waals surface area contributed by atoms with E-state index in [9.17, 15) is 9.59 Å². The van der Waals surface area contributed by atoms with Crippen LogP contribution in [0.2, 0.25) is 0 Å². The molecule has 1 aliphatic rings. The average Bonchev–Trinajstić information content (AvgIpc) is 3.01. The number of aromatic nitrogens is 2. The lowest BCUT2D eigenvalue weighted by atomic mass is 9.82. The van der Waals surface area contributed by atoms with Crippen LogP contribution in [0.4, 0.5) is 0 Å². The van der Waals surface area contributed by atoms with Crippen molar-refractivity contribution in [1.29, 1.82) is 0 Å². The normalized spacial score (nSPS) is 14.7. The summed E-state index contributed by atoms with van der Waals surface area (Å²) in [5.41, 5.74) is 1.02. The maximum Gasteiger partial charge on any atom is 0.259 e. The molecule has 0 spiro atoms. The Morgan fingerprint density at radius 1 is 1.23 bits per heavy atom. The van der Waals surface area contributed by atoms with Crippen molar-refractivity contribution in [2.75, 3.05) is 0 Å². The van der Waals surface area contributed by atoms with E-state index < -0.39 is 0 Å². The smallest absolute Gasteiger partial charge is 0.259 e. The van der Waals surface area contributed by atoms with Crippen molar-refractivity contribution >= 4 is 27.5 Å². The van der Waals surface area contributed by atoms with Gasteiger partial charge in [-0.05, 0) is 50.5 Å². The number of fused-ring (bicyclic) bond motifs is 3. The number of aromatic amines is 1. The molecule has 2 heterocycles. The highest BCUT2D eigenvalue weighted by molar-refractivity contribution is 7.18. The minimum Gasteiger partial charge on any atom is -0.351 e. The number of carbonyl (C=O) groups is 1. The molecule has 0 aliphatic heterocycles. The van der Waals surface area contributed by atoms with Gasteiger partial charge in [-0.25, -0.2) is 4.98 Å². The first-order valence-electron chi connectivity index (χ1n) is 9.39. The van der Waals surface area contributed by atoms with Gasteiger partial charge in [0.1, 0.15) is 10.7 Å². The zero-order valence-electron chi connectivity index (χ0n) is 16.4. The van der Waals surface area contributed by atoms with Gasteiger partial charge in [0.2, 0.25) is 5.91 Å². The first kappa shape index (κ1) is 19.1. The Balaban J connectivity index is 1.66. The summed E-state index contributed by atoms with van der Waals surface area (Å²) >= 11 is 1.63. The van der Waals surface area contributed by atoms with Crippen molar-refractivity contribution in [2.45, 2.75) is 78.7 Å². The lowest BCUT2D eigenvalue weighted by molar-refractivity contribution is -0.122. The quantitative estimate of drug-likeness (QED) is 0.836. The fourth-order valence-electron chi connectivity index (χ4n) is 4.21. The van der Waals surface area contributed by atoms with Gasteiger partial charge in [-0.3, -0.25) is 9.59 Å². The van der Waals surface area contributed by atoms with Crippen molar-refractivity contribution in [3.63, 3.8) is 0 Å². The van der Waals surface area contributed by atoms with Crippen LogP contribution in [0, 0.1) is 5.41 Å². The molecule has 0 saturated carbocycles. The van der Waals surface area contributed by atoms with Gasteiger partial charge in [0, 0.05) is 23.3 Å². The van der Waals surface area contributed by atoms with Gasteiger partial charge >= 0.3 is 0 Å². The van der Waals surface area contributed by atoms with E-state index in [1.807, 2.05) is 0 Å². The Labute approximate surface area is 158 Å². The molecule has 3 rings (SSSR count). The number of amides is 1. The predicted octanol–water partition coefficient (Wildman–Crippen LogP) is 3.74. The van der Waals surface area contributed by atoms with Gasteiger partial charge in [0.25, 0.3) is 5.56 Å². The summed E-state index contributed by atoms with van der Waals surface area (Å²) in [6.07, 6.45) is 4.83. The van der Waals surface area contributed by atoms with E-state index in [-0.39, 0.29) is 22.4 Å². The fourth-order valence-corrected chi connectivity index (χ4v) is 5.49. The molecule has 0 radical (unpaired) electrons. The molecule has 1 aliphatic carbocycles. The second-order valence-corrected chi connectivity index (χ2v) is 10.3.